The van der Waals surface area contributed by atoms with Crippen LogP contribution in [0.3, 0.4) is 0 Å². The van der Waals surface area contributed by atoms with E-state index >= 15 is 0 Å². The molecule has 0 spiro atoms. The van der Waals surface area contributed by atoms with Gasteiger partial charge in [-0.15, -0.1) is 0 Å². The molecule has 0 N–H and O–H groups in total. The van der Waals surface area contributed by atoms with Crippen molar-refractivity contribution in [1.29, 1.82) is 5.26 Å². The van der Waals surface area contributed by atoms with Gasteiger partial charge in [-0.1, -0.05) is 74.4 Å². The van der Waals surface area contributed by atoms with Crippen LogP contribution in [-0.2, 0) is 6.42 Å². The number of nitriles is 1. The highest BCUT2D eigenvalue weighted by molar-refractivity contribution is 5.26. The summed E-state index contributed by atoms with van der Waals surface area (Å²) in [7, 11) is 0. The van der Waals surface area contributed by atoms with Crippen LogP contribution in [0.2, 0.25) is 0 Å². The summed E-state index contributed by atoms with van der Waals surface area (Å²) in [5.74, 6) is 3.29. The average Bonchev–Trinajstić information content (AvgIpc) is 2.86. The van der Waals surface area contributed by atoms with Crippen LogP contribution >= 0.6 is 0 Å². The predicted octanol–water partition coefficient (Wildman–Crippen LogP) is 9.47. The van der Waals surface area contributed by atoms with Crippen molar-refractivity contribution in [2.45, 2.75) is 103 Å². The highest BCUT2D eigenvalue weighted by atomic mass is 14.3. The van der Waals surface area contributed by atoms with Crippen LogP contribution in [0.25, 0.3) is 0 Å². The van der Waals surface area contributed by atoms with Crippen LogP contribution in [0.4, 0.5) is 0 Å². The van der Waals surface area contributed by atoms with Crippen LogP contribution in [0, 0.1) is 29.1 Å². The SMILES string of the molecule is CCCCCc1ccc(C2CCC(/C=C/C3CCC(CCC=CC=CC#N)CC3)CC2)cc1. The van der Waals surface area contributed by atoms with Crippen molar-refractivity contribution in [2.24, 2.45) is 17.8 Å². The molecule has 33 heavy (non-hydrogen) atoms. The maximum Gasteiger partial charge on any atom is 0.0912 e. The van der Waals surface area contributed by atoms with Crippen LogP contribution in [-0.4, -0.2) is 0 Å². The van der Waals surface area contributed by atoms with Crippen LogP contribution in [0.5, 0.6) is 0 Å². The van der Waals surface area contributed by atoms with E-state index in [0.717, 1.165) is 30.1 Å². The molecule has 0 aromatic heterocycles. The van der Waals surface area contributed by atoms with E-state index in [4.69, 9.17) is 5.26 Å². The zero-order valence-corrected chi connectivity index (χ0v) is 20.9. The van der Waals surface area contributed by atoms with Crippen molar-refractivity contribution < 1.29 is 0 Å². The molecule has 0 atom stereocenters. The Morgan fingerprint density at radius 2 is 1.52 bits per heavy atom. The minimum absolute atomic E-state index is 0.777. The van der Waals surface area contributed by atoms with Crippen molar-refractivity contribution in [3.8, 4) is 6.07 Å². The maximum absolute atomic E-state index is 8.50. The first kappa shape index (κ1) is 25.6. The number of aryl methyl sites for hydroxylation is 1. The minimum atomic E-state index is 0.777. The first-order chi connectivity index (χ1) is 16.3. The topological polar surface area (TPSA) is 23.8 Å². The Kier molecular flexibility index (Phi) is 11.6. The van der Waals surface area contributed by atoms with Gasteiger partial charge in [0.1, 0.15) is 0 Å². The zero-order chi connectivity index (χ0) is 23.1. The molecule has 0 heterocycles. The van der Waals surface area contributed by atoms with E-state index in [1.165, 1.54) is 95.1 Å². The number of rotatable bonds is 11. The molecule has 0 aliphatic heterocycles. The molecule has 178 valence electrons. The van der Waals surface area contributed by atoms with Gasteiger partial charge in [0.2, 0.25) is 0 Å². The van der Waals surface area contributed by atoms with Crippen molar-refractivity contribution in [3.63, 3.8) is 0 Å². The van der Waals surface area contributed by atoms with Gasteiger partial charge in [0.05, 0.1) is 6.07 Å². The fourth-order valence-corrected chi connectivity index (χ4v) is 5.77. The maximum atomic E-state index is 8.50. The molecule has 3 rings (SSSR count). The molecule has 2 aliphatic carbocycles. The summed E-state index contributed by atoms with van der Waals surface area (Å²) in [6.45, 7) is 2.28. The Bertz CT molecular complexity index is 775. The molecule has 0 amide bonds. The van der Waals surface area contributed by atoms with E-state index in [0.29, 0.717) is 0 Å². The Hall–Kier alpha value is -2.07. The third-order valence-corrected chi connectivity index (χ3v) is 8.00. The van der Waals surface area contributed by atoms with Crippen LogP contribution in [0.15, 0.2) is 60.7 Å². The quantitative estimate of drug-likeness (QED) is 0.144. The lowest BCUT2D eigenvalue weighted by Crippen LogP contribution is -2.14. The molecule has 0 saturated heterocycles. The highest BCUT2D eigenvalue weighted by Gasteiger charge is 2.22. The summed E-state index contributed by atoms with van der Waals surface area (Å²) in [6.07, 6.45) is 31.4. The Morgan fingerprint density at radius 1 is 0.848 bits per heavy atom. The second kappa shape index (κ2) is 15.0. The van der Waals surface area contributed by atoms with Crippen molar-refractivity contribution >= 4 is 0 Å². The Balaban J connectivity index is 1.32. The van der Waals surface area contributed by atoms with Crippen LogP contribution < -0.4 is 0 Å². The molecule has 1 heteroatoms. The van der Waals surface area contributed by atoms with Gasteiger partial charge < -0.3 is 0 Å². The molecule has 2 aliphatic rings. The average molecular weight is 444 g/mol. The standard InChI is InChI=1S/C32H45N/c1-2-3-7-10-28-18-22-31(23-19-28)32-24-20-30(21-25-32)17-16-29-14-12-27(13-15-29)11-8-5-4-6-9-26-33/h4-6,9,16-19,22-23,27,29-30,32H,2-3,7-8,10-15,20-21,24-25H2,1H3/b5-4?,9-6?,17-16+. The lowest BCUT2D eigenvalue weighted by atomic mass is 9.76. The summed E-state index contributed by atoms with van der Waals surface area (Å²) in [5.41, 5.74) is 3.09. The molecular formula is C32H45N. The van der Waals surface area contributed by atoms with Gasteiger partial charge in [-0.3, -0.25) is 0 Å². The fourth-order valence-electron chi connectivity index (χ4n) is 5.77. The van der Waals surface area contributed by atoms with Crippen LogP contribution in [0.1, 0.15) is 107 Å². The lowest BCUT2D eigenvalue weighted by Gasteiger charge is -2.29. The van der Waals surface area contributed by atoms with E-state index in [-0.39, 0.29) is 0 Å². The summed E-state index contributed by atoms with van der Waals surface area (Å²) in [4.78, 5) is 0. The number of unbranched alkanes of at least 4 members (excludes halogenated alkanes) is 2. The first-order valence-corrected chi connectivity index (χ1v) is 13.8. The molecule has 0 unspecified atom stereocenters. The Labute approximate surface area is 203 Å². The fraction of sp³-hybridized carbons (Fsp3) is 0.594. The normalized spacial score (nSPS) is 26.3. The monoisotopic (exact) mass is 443 g/mol. The van der Waals surface area contributed by atoms with Crippen molar-refractivity contribution in [1.82, 2.24) is 0 Å². The molecular weight excluding hydrogens is 398 g/mol. The molecule has 0 radical (unpaired) electrons. The first-order valence-electron chi connectivity index (χ1n) is 13.8. The number of allylic oxidation sites excluding steroid dienone is 6. The highest BCUT2D eigenvalue weighted by Crippen LogP contribution is 2.38. The summed E-state index contributed by atoms with van der Waals surface area (Å²) in [5, 5.41) is 8.50. The third kappa shape index (κ3) is 9.37. The summed E-state index contributed by atoms with van der Waals surface area (Å²) >= 11 is 0. The molecule has 1 aromatic carbocycles. The second-order valence-corrected chi connectivity index (χ2v) is 10.5. The molecule has 0 bridgehead atoms. The van der Waals surface area contributed by atoms with Gasteiger partial charge in [0.15, 0.2) is 0 Å². The number of hydrogen-bond acceptors (Lipinski definition) is 1. The van der Waals surface area contributed by atoms with Gasteiger partial charge in [-0.05, 0) is 112 Å². The third-order valence-electron chi connectivity index (χ3n) is 8.00. The molecule has 2 saturated carbocycles. The zero-order valence-electron chi connectivity index (χ0n) is 20.9. The molecule has 1 aromatic rings. The summed E-state index contributed by atoms with van der Waals surface area (Å²) < 4.78 is 0. The second-order valence-electron chi connectivity index (χ2n) is 10.5. The van der Waals surface area contributed by atoms with E-state index in [2.05, 4.69) is 49.4 Å². The van der Waals surface area contributed by atoms with E-state index in [1.54, 1.807) is 5.56 Å². The van der Waals surface area contributed by atoms with Gasteiger partial charge in [-0.25, -0.2) is 0 Å². The van der Waals surface area contributed by atoms with E-state index in [1.807, 2.05) is 18.2 Å². The predicted molar refractivity (Wildman–Crippen MR) is 142 cm³/mol. The van der Waals surface area contributed by atoms with Crippen molar-refractivity contribution in [3.05, 3.63) is 71.8 Å². The van der Waals surface area contributed by atoms with Gasteiger partial charge in [0, 0.05) is 6.08 Å². The van der Waals surface area contributed by atoms with Crippen molar-refractivity contribution in [2.75, 3.05) is 0 Å². The Morgan fingerprint density at radius 3 is 2.15 bits per heavy atom. The smallest absolute Gasteiger partial charge is 0.0912 e. The van der Waals surface area contributed by atoms with E-state index in [9.17, 15) is 0 Å². The number of nitrogens with zero attached hydrogens (tertiary/aromatic N) is 1. The van der Waals surface area contributed by atoms with Gasteiger partial charge >= 0.3 is 0 Å². The lowest BCUT2D eigenvalue weighted by molar-refractivity contribution is 0.295. The number of benzene rings is 1. The largest absolute Gasteiger partial charge is 0.193 e. The minimum Gasteiger partial charge on any atom is -0.193 e. The summed E-state index contributed by atoms with van der Waals surface area (Å²) in [6, 6.07) is 11.6. The molecule has 2 fully saturated rings. The van der Waals surface area contributed by atoms with Gasteiger partial charge in [0.25, 0.3) is 0 Å². The van der Waals surface area contributed by atoms with Gasteiger partial charge in [-0.2, -0.15) is 5.26 Å². The number of hydrogen-bond donors (Lipinski definition) is 0. The molecule has 1 nitrogen and oxygen atoms in total. The van der Waals surface area contributed by atoms with E-state index < -0.39 is 0 Å².